The Bertz CT molecular complexity index is 920. The maximum Gasteiger partial charge on any atom is 0.345 e. The number of nitrogens with zero attached hydrogens (tertiary/aromatic N) is 1. The molecule has 0 aliphatic heterocycles. The van der Waals surface area contributed by atoms with Gasteiger partial charge in [-0.15, -0.1) is 0 Å². The van der Waals surface area contributed by atoms with Crippen LogP contribution in [0, 0.1) is 10.1 Å². The van der Waals surface area contributed by atoms with Crippen molar-refractivity contribution in [2.45, 2.75) is 71.1 Å². The number of esters is 1. The van der Waals surface area contributed by atoms with Gasteiger partial charge in [-0.05, 0) is 30.7 Å². The average molecular weight is 496 g/mol. The SMILES string of the molecule is CCCCCCCCCCCCOC(=O)c1cc(Oc2ccc(Cl)cc2Cl)ccc1[N+](=O)[O-]. The first-order chi connectivity index (χ1) is 15.9. The minimum Gasteiger partial charge on any atom is -0.462 e. The summed E-state index contributed by atoms with van der Waals surface area (Å²) in [6.07, 6.45) is 11.7. The maximum atomic E-state index is 12.5. The Kier molecular flexibility index (Phi) is 12.0. The number of halogens is 2. The second-order valence-electron chi connectivity index (χ2n) is 7.93. The van der Waals surface area contributed by atoms with Gasteiger partial charge in [-0.2, -0.15) is 0 Å². The Balaban J connectivity index is 1.84. The molecule has 0 radical (unpaired) electrons. The molecule has 0 N–H and O–H groups in total. The molecule has 180 valence electrons. The van der Waals surface area contributed by atoms with Crippen LogP contribution in [-0.4, -0.2) is 17.5 Å². The van der Waals surface area contributed by atoms with Crippen LogP contribution in [0.4, 0.5) is 5.69 Å². The predicted octanol–water partition coefficient (Wildman–Crippen LogP) is 8.77. The quantitative estimate of drug-likeness (QED) is 0.107. The molecule has 0 atom stereocenters. The lowest BCUT2D eigenvalue weighted by molar-refractivity contribution is -0.385. The molecule has 0 aliphatic carbocycles. The van der Waals surface area contributed by atoms with Gasteiger partial charge in [0.25, 0.3) is 5.69 Å². The van der Waals surface area contributed by atoms with Crippen LogP contribution in [0.2, 0.25) is 10.0 Å². The summed E-state index contributed by atoms with van der Waals surface area (Å²) >= 11 is 12.0. The lowest BCUT2D eigenvalue weighted by Crippen LogP contribution is -2.09. The number of hydrogen-bond donors (Lipinski definition) is 0. The van der Waals surface area contributed by atoms with Crippen molar-refractivity contribution in [2.24, 2.45) is 0 Å². The summed E-state index contributed by atoms with van der Waals surface area (Å²) in [5.41, 5.74) is -0.493. The van der Waals surface area contributed by atoms with Gasteiger partial charge in [0.05, 0.1) is 16.6 Å². The molecule has 2 aromatic carbocycles. The molecule has 0 bridgehead atoms. The number of carbonyl (C=O) groups is 1. The van der Waals surface area contributed by atoms with E-state index in [0.717, 1.165) is 19.3 Å². The van der Waals surface area contributed by atoms with Crippen molar-refractivity contribution < 1.29 is 19.2 Å². The van der Waals surface area contributed by atoms with Crippen LogP contribution in [-0.2, 0) is 4.74 Å². The normalized spacial score (nSPS) is 10.8. The van der Waals surface area contributed by atoms with Gasteiger partial charge >= 0.3 is 5.97 Å². The van der Waals surface area contributed by atoms with Gasteiger partial charge in [-0.1, -0.05) is 87.9 Å². The molecule has 0 amide bonds. The smallest absolute Gasteiger partial charge is 0.345 e. The molecular formula is C25H31Cl2NO5. The highest BCUT2D eigenvalue weighted by molar-refractivity contribution is 6.35. The van der Waals surface area contributed by atoms with Crippen molar-refractivity contribution >= 4 is 34.9 Å². The Labute approximate surface area is 205 Å². The van der Waals surface area contributed by atoms with E-state index in [0.29, 0.717) is 10.8 Å². The third-order valence-electron chi connectivity index (χ3n) is 5.24. The van der Waals surface area contributed by atoms with Crippen molar-refractivity contribution in [2.75, 3.05) is 6.61 Å². The molecule has 2 aromatic rings. The lowest BCUT2D eigenvalue weighted by atomic mass is 10.1. The number of nitro groups is 1. The van der Waals surface area contributed by atoms with E-state index in [4.69, 9.17) is 32.7 Å². The highest BCUT2D eigenvalue weighted by Crippen LogP contribution is 2.33. The Hall–Kier alpha value is -2.31. The minimum atomic E-state index is -0.745. The van der Waals surface area contributed by atoms with Gasteiger partial charge in [0.15, 0.2) is 0 Å². The van der Waals surface area contributed by atoms with Gasteiger partial charge in [0.1, 0.15) is 17.1 Å². The molecular weight excluding hydrogens is 465 g/mol. The molecule has 0 aliphatic rings. The standard InChI is InChI=1S/C25H31Cl2NO5/c1-2-3-4-5-6-7-8-9-10-11-16-32-25(29)21-18-20(13-14-23(21)28(30)31)33-24-15-12-19(26)17-22(24)27/h12-15,17-18H,2-11,16H2,1H3. The molecule has 0 fully saturated rings. The van der Waals surface area contributed by atoms with Gasteiger partial charge in [0, 0.05) is 17.2 Å². The lowest BCUT2D eigenvalue weighted by Gasteiger charge is -2.10. The molecule has 0 spiro atoms. The summed E-state index contributed by atoms with van der Waals surface area (Å²) < 4.78 is 11.0. The number of hydrogen-bond acceptors (Lipinski definition) is 5. The summed E-state index contributed by atoms with van der Waals surface area (Å²) in [6, 6.07) is 8.62. The summed E-state index contributed by atoms with van der Waals surface area (Å²) in [5, 5.41) is 12.1. The van der Waals surface area contributed by atoms with Crippen molar-refractivity contribution in [1.29, 1.82) is 0 Å². The molecule has 33 heavy (non-hydrogen) atoms. The number of nitro benzene ring substituents is 1. The number of carbonyl (C=O) groups excluding carboxylic acids is 1. The van der Waals surface area contributed by atoms with Gasteiger partial charge in [-0.25, -0.2) is 4.79 Å². The van der Waals surface area contributed by atoms with Crippen LogP contribution >= 0.6 is 23.2 Å². The highest BCUT2D eigenvalue weighted by atomic mass is 35.5. The second-order valence-corrected chi connectivity index (χ2v) is 8.77. The van der Waals surface area contributed by atoms with Crippen molar-refractivity contribution in [3.8, 4) is 11.5 Å². The fraction of sp³-hybridized carbons (Fsp3) is 0.480. The summed E-state index contributed by atoms with van der Waals surface area (Å²) in [7, 11) is 0. The van der Waals surface area contributed by atoms with Crippen LogP contribution in [0.15, 0.2) is 36.4 Å². The van der Waals surface area contributed by atoms with Gasteiger partial charge < -0.3 is 9.47 Å². The molecule has 0 unspecified atom stereocenters. The van der Waals surface area contributed by atoms with Crippen LogP contribution in [0.5, 0.6) is 11.5 Å². The largest absolute Gasteiger partial charge is 0.462 e. The predicted molar refractivity (Wildman–Crippen MR) is 132 cm³/mol. The van der Waals surface area contributed by atoms with E-state index in [1.807, 2.05) is 0 Å². The highest BCUT2D eigenvalue weighted by Gasteiger charge is 2.23. The van der Waals surface area contributed by atoms with Crippen LogP contribution < -0.4 is 4.74 Å². The van der Waals surface area contributed by atoms with Crippen LogP contribution in [0.25, 0.3) is 0 Å². The average Bonchev–Trinajstić information content (AvgIpc) is 2.79. The van der Waals surface area contributed by atoms with Crippen LogP contribution in [0.1, 0.15) is 81.5 Å². The first-order valence-electron chi connectivity index (χ1n) is 11.5. The monoisotopic (exact) mass is 495 g/mol. The molecule has 0 saturated heterocycles. The zero-order chi connectivity index (χ0) is 24.1. The first kappa shape index (κ1) is 26.9. The molecule has 0 heterocycles. The van der Waals surface area contributed by atoms with Gasteiger partial charge in [-0.3, -0.25) is 10.1 Å². The van der Waals surface area contributed by atoms with E-state index in [-0.39, 0.29) is 28.6 Å². The number of rotatable bonds is 15. The van der Waals surface area contributed by atoms with E-state index in [1.165, 1.54) is 69.2 Å². The number of unbranched alkanes of at least 4 members (excludes halogenated alkanes) is 9. The number of benzene rings is 2. The Morgan fingerprint density at radius 2 is 1.55 bits per heavy atom. The second kappa shape index (κ2) is 14.8. The minimum absolute atomic E-state index is 0.158. The Morgan fingerprint density at radius 3 is 2.15 bits per heavy atom. The summed E-state index contributed by atoms with van der Waals surface area (Å²) in [4.78, 5) is 23.3. The fourth-order valence-corrected chi connectivity index (χ4v) is 3.87. The fourth-order valence-electron chi connectivity index (χ4n) is 3.42. The van der Waals surface area contributed by atoms with Crippen molar-refractivity contribution in [3.63, 3.8) is 0 Å². The molecule has 2 rings (SSSR count). The topological polar surface area (TPSA) is 78.7 Å². The third kappa shape index (κ3) is 9.60. The molecule has 8 heteroatoms. The van der Waals surface area contributed by atoms with E-state index in [9.17, 15) is 14.9 Å². The van der Waals surface area contributed by atoms with Crippen LogP contribution in [0.3, 0.4) is 0 Å². The Morgan fingerprint density at radius 1 is 0.909 bits per heavy atom. The van der Waals surface area contributed by atoms with E-state index in [1.54, 1.807) is 12.1 Å². The van der Waals surface area contributed by atoms with Crippen molar-refractivity contribution in [1.82, 2.24) is 0 Å². The zero-order valence-corrected chi connectivity index (χ0v) is 20.5. The first-order valence-corrected chi connectivity index (χ1v) is 12.3. The molecule has 6 nitrogen and oxygen atoms in total. The molecule has 0 aromatic heterocycles. The summed E-state index contributed by atoms with van der Waals surface area (Å²) in [6.45, 7) is 2.44. The number of ether oxygens (including phenoxy) is 2. The van der Waals surface area contributed by atoms with E-state index in [2.05, 4.69) is 6.92 Å². The summed E-state index contributed by atoms with van der Waals surface area (Å²) in [5.74, 6) is -0.194. The van der Waals surface area contributed by atoms with Gasteiger partial charge in [0.2, 0.25) is 0 Å². The van der Waals surface area contributed by atoms with E-state index >= 15 is 0 Å². The van der Waals surface area contributed by atoms with E-state index < -0.39 is 10.9 Å². The molecule has 0 saturated carbocycles. The zero-order valence-electron chi connectivity index (χ0n) is 19.0. The van der Waals surface area contributed by atoms with Crippen molar-refractivity contribution in [3.05, 3.63) is 62.1 Å². The third-order valence-corrected chi connectivity index (χ3v) is 5.77. The maximum absolute atomic E-state index is 12.5.